The Labute approximate surface area is 131 Å². The molecule has 0 saturated carbocycles. The molecule has 1 aliphatic rings. The lowest BCUT2D eigenvalue weighted by Gasteiger charge is -2.38. The van der Waals surface area contributed by atoms with E-state index in [1.165, 1.54) is 4.88 Å². The van der Waals surface area contributed by atoms with Gasteiger partial charge in [0.2, 0.25) is 0 Å². The molecule has 0 saturated heterocycles. The predicted molar refractivity (Wildman–Crippen MR) is 90.1 cm³/mol. The summed E-state index contributed by atoms with van der Waals surface area (Å²) in [4.78, 5) is 15.6. The standard InChI is InChI=1S/C16H27N3OS/c1-15(2,3)18-14-12(13(17)20)10-7-8-19(16(4,5)6)9-11(10)21-14/h18H,7-9H2,1-6H3,(H2,17,20). The summed E-state index contributed by atoms with van der Waals surface area (Å²) in [5.74, 6) is -0.316. The van der Waals surface area contributed by atoms with Crippen LogP contribution in [0.1, 0.15) is 62.3 Å². The van der Waals surface area contributed by atoms with E-state index in [1.54, 1.807) is 11.3 Å². The number of nitrogens with zero attached hydrogens (tertiary/aromatic N) is 1. The van der Waals surface area contributed by atoms with Crippen LogP contribution in [0.25, 0.3) is 0 Å². The van der Waals surface area contributed by atoms with Gasteiger partial charge in [0.15, 0.2) is 0 Å². The van der Waals surface area contributed by atoms with Crippen molar-refractivity contribution >= 4 is 22.2 Å². The van der Waals surface area contributed by atoms with Gasteiger partial charge in [-0.2, -0.15) is 0 Å². The quantitative estimate of drug-likeness (QED) is 0.882. The number of nitrogens with one attached hydrogen (secondary N) is 1. The molecule has 0 fully saturated rings. The van der Waals surface area contributed by atoms with Crippen molar-refractivity contribution in [2.75, 3.05) is 11.9 Å². The largest absolute Gasteiger partial charge is 0.372 e. The summed E-state index contributed by atoms with van der Waals surface area (Å²) in [7, 11) is 0. The second kappa shape index (κ2) is 5.29. The van der Waals surface area contributed by atoms with Crippen LogP contribution in [0.4, 0.5) is 5.00 Å². The van der Waals surface area contributed by atoms with E-state index in [2.05, 4.69) is 51.8 Å². The number of amides is 1. The first kappa shape index (κ1) is 16.3. The fourth-order valence-electron chi connectivity index (χ4n) is 2.67. The Kier molecular flexibility index (Phi) is 4.10. The van der Waals surface area contributed by atoms with Crippen molar-refractivity contribution in [2.24, 2.45) is 5.73 Å². The number of rotatable bonds is 2. The smallest absolute Gasteiger partial charge is 0.251 e. The molecule has 0 radical (unpaired) electrons. The first-order valence-corrected chi connectivity index (χ1v) is 8.28. The molecule has 0 atom stereocenters. The van der Waals surface area contributed by atoms with E-state index in [9.17, 15) is 4.79 Å². The van der Waals surface area contributed by atoms with E-state index >= 15 is 0 Å². The van der Waals surface area contributed by atoms with Gasteiger partial charge in [0.25, 0.3) is 5.91 Å². The van der Waals surface area contributed by atoms with Crippen molar-refractivity contribution in [1.82, 2.24) is 4.90 Å². The Balaban J connectivity index is 2.39. The first-order chi connectivity index (χ1) is 9.49. The van der Waals surface area contributed by atoms with Gasteiger partial charge in [0.1, 0.15) is 5.00 Å². The minimum atomic E-state index is -0.316. The average molecular weight is 309 g/mol. The van der Waals surface area contributed by atoms with Crippen molar-refractivity contribution in [3.8, 4) is 0 Å². The fourth-order valence-corrected chi connectivity index (χ4v) is 4.14. The number of hydrogen-bond acceptors (Lipinski definition) is 4. The first-order valence-electron chi connectivity index (χ1n) is 7.46. The van der Waals surface area contributed by atoms with Gasteiger partial charge in [-0.15, -0.1) is 11.3 Å². The van der Waals surface area contributed by atoms with Gasteiger partial charge in [-0.3, -0.25) is 9.69 Å². The second-order valence-electron chi connectivity index (χ2n) is 7.79. The Bertz CT molecular complexity index is 549. The molecule has 0 aromatic carbocycles. The highest BCUT2D eigenvalue weighted by atomic mass is 32.1. The number of hydrogen-bond donors (Lipinski definition) is 2. The molecule has 2 heterocycles. The van der Waals surface area contributed by atoms with Crippen LogP contribution in [0.2, 0.25) is 0 Å². The molecule has 1 amide bonds. The zero-order valence-corrected chi connectivity index (χ0v) is 14.8. The Morgan fingerprint density at radius 1 is 1.24 bits per heavy atom. The molecule has 21 heavy (non-hydrogen) atoms. The van der Waals surface area contributed by atoms with E-state index in [0.717, 1.165) is 30.1 Å². The Hall–Kier alpha value is -1.07. The van der Waals surface area contributed by atoms with E-state index in [4.69, 9.17) is 5.73 Å². The number of fused-ring (bicyclic) bond motifs is 1. The van der Waals surface area contributed by atoms with Gasteiger partial charge in [-0.05, 0) is 53.5 Å². The Morgan fingerprint density at radius 3 is 2.33 bits per heavy atom. The average Bonchev–Trinajstić information content (AvgIpc) is 2.61. The van der Waals surface area contributed by atoms with Gasteiger partial charge >= 0.3 is 0 Å². The van der Waals surface area contributed by atoms with E-state index < -0.39 is 0 Å². The zero-order chi connectivity index (χ0) is 16.0. The van der Waals surface area contributed by atoms with Crippen LogP contribution in [0.15, 0.2) is 0 Å². The SMILES string of the molecule is CC(C)(C)Nc1sc2c(c1C(N)=O)CCN(C(C)(C)C)C2. The molecule has 4 nitrogen and oxygen atoms in total. The van der Waals surface area contributed by atoms with E-state index in [-0.39, 0.29) is 17.0 Å². The summed E-state index contributed by atoms with van der Waals surface area (Å²) >= 11 is 1.68. The van der Waals surface area contributed by atoms with Crippen LogP contribution in [0, 0.1) is 0 Å². The van der Waals surface area contributed by atoms with Crippen molar-refractivity contribution in [3.63, 3.8) is 0 Å². The highest BCUT2D eigenvalue weighted by Crippen LogP contribution is 2.39. The maximum absolute atomic E-state index is 11.9. The molecule has 0 unspecified atom stereocenters. The molecule has 0 bridgehead atoms. The monoisotopic (exact) mass is 309 g/mol. The molecule has 0 aliphatic carbocycles. The molecule has 0 spiro atoms. The van der Waals surface area contributed by atoms with Gasteiger partial charge in [-0.25, -0.2) is 0 Å². The summed E-state index contributed by atoms with van der Waals surface area (Å²) in [6.45, 7) is 14.9. The highest BCUT2D eigenvalue weighted by molar-refractivity contribution is 7.16. The maximum atomic E-state index is 11.9. The Morgan fingerprint density at radius 2 is 1.86 bits per heavy atom. The maximum Gasteiger partial charge on any atom is 0.251 e. The number of anilines is 1. The summed E-state index contributed by atoms with van der Waals surface area (Å²) in [5.41, 5.74) is 7.56. The summed E-state index contributed by atoms with van der Waals surface area (Å²) in [6.07, 6.45) is 0.896. The molecule has 2 rings (SSSR count). The van der Waals surface area contributed by atoms with Crippen LogP contribution in [-0.4, -0.2) is 28.4 Å². The number of primary amides is 1. The van der Waals surface area contributed by atoms with Crippen LogP contribution >= 0.6 is 11.3 Å². The van der Waals surface area contributed by atoms with Crippen LogP contribution in [0.5, 0.6) is 0 Å². The van der Waals surface area contributed by atoms with Crippen LogP contribution in [0.3, 0.4) is 0 Å². The molecule has 5 heteroatoms. The molecule has 3 N–H and O–H groups in total. The lowest BCUT2D eigenvalue weighted by molar-refractivity contribution is 0.0997. The number of nitrogens with two attached hydrogens (primary N) is 1. The molecule has 1 aliphatic heterocycles. The minimum absolute atomic E-state index is 0.0820. The third-order valence-electron chi connectivity index (χ3n) is 3.74. The number of carbonyl (C=O) groups excluding carboxylic acids is 1. The minimum Gasteiger partial charge on any atom is -0.372 e. The molecule has 1 aromatic rings. The van der Waals surface area contributed by atoms with Crippen LogP contribution in [-0.2, 0) is 13.0 Å². The lowest BCUT2D eigenvalue weighted by Crippen LogP contribution is -2.44. The molecular weight excluding hydrogens is 282 g/mol. The van der Waals surface area contributed by atoms with E-state index in [1.807, 2.05) is 0 Å². The van der Waals surface area contributed by atoms with Crippen molar-refractivity contribution in [2.45, 2.75) is 65.6 Å². The predicted octanol–water partition coefficient (Wildman–Crippen LogP) is 3.21. The van der Waals surface area contributed by atoms with Crippen molar-refractivity contribution in [3.05, 3.63) is 16.0 Å². The molecule has 1 aromatic heterocycles. The van der Waals surface area contributed by atoms with Crippen LogP contribution < -0.4 is 11.1 Å². The third kappa shape index (κ3) is 3.58. The second-order valence-corrected chi connectivity index (χ2v) is 8.89. The third-order valence-corrected chi connectivity index (χ3v) is 4.87. The summed E-state index contributed by atoms with van der Waals surface area (Å²) in [5, 5.41) is 4.37. The molecule has 118 valence electrons. The van der Waals surface area contributed by atoms with Gasteiger partial charge in [0.05, 0.1) is 5.56 Å². The van der Waals surface area contributed by atoms with Gasteiger partial charge < -0.3 is 11.1 Å². The van der Waals surface area contributed by atoms with Gasteiger partial charge in [-0.1, -0.05) is 0 Å². The number of thiophene rings is 1. The zero-order valence-electron chi connectivity index (χ0n) is 14.0. The fraction of sp³-hybridized carbons (Fsp3) is 0.688. The number of carbonyl (C=O) groups is 1. The molecular formula is C16H27N3OS. The summed E-state index contributed by atoms with van der Waals surface area (Å²) < 4.78 is 0. The van der Waals surface area contributed by atoms with Gasteiger partial charge in [0, 0.05) is 29.0 Å². The van der Waals surface area contributed by atoms with Crippen molar-refractivity contribution < 1.29 is 4.79 Å². The van der Waals surface area contributed by atoms with Crippen molar-refractivity contribution in [1.29, 1.82) is 0 Å². The highest BCUT2D eigenvalue weighted by Gasteiger charge is 2.31. The summed E-state index contributed by atoms with van der Waals surface area (Å²) in [6, 6.07) is 0. The normalized spacial score (nSPS) is 16.7. The lowest BCUT2D eigenvalue weighted by atomic mass is 9.97. The topological polar surface area (TPSA) is 58.4 Å². The van der Waals surface area contributed by atoms with E-state index in [0.29, 0.717) is 5.56 Å².